The van der Waals surface area contributed by atoms with Gasteiger partial charge in [-0.05, 0) is 19.3 Å². The first-order valence-electron chi connectivity index (χ1n) is 5.57. The van der Waals surface area contributed by atoms with E-state index in [0.717, 1.165) is 32.3 Å². The van der Waals surface area contributed by atoms with Crippen LogP contribution in [0.15, 0.2) is 0 Å². The summed E-state index contributed by atoms with van der Waals surface area (Å²) < 4.78 is 10.8. The van der Waals surface area contributed by atoms with Crippen LogP contribution in [-0.2, 0) is 14.3 Å². The van der Waals surface area contributed by atoms with Gasteiger partial charge >= 0.3 is 5.97 Å². The zero-order valence-electron chi connectivity index (χ0n) is 9.12. The predicted octanol–water partition coefficient (Wildman–Crippen LogP) is 2.29. The number of carbonyl (C=O) groups is 1. The number of hydrogen-bond acceptors (Lipinski definition) is 3. The van der Waals surface area contributed by atoms with Crippen LogP contribution in [-0.4, -0.2) is 24.8 Å². The molecule has 2 atom stereocenters. The Morgan fingerprint density at radius 3 is 2.86 bits per heavy atom. The summed E-state index contributed by atoms with van der Waals surface area (Å²) in [5.41, 5.74) is 0. The van der Waals surface area contributed by atoms with Crippen molar-refractivity contribution < 1.29 is 14.3 Å². The van der Waals surface area contributed by atoms with Crippen LogP contribution in [0.25, 0.3) is 0 Å². The van der Waals surface area contributed by atoms with Gasteiger partial charge in [-0.3, -0.25) is 4.79 Å². The second kappa shape index (κ2) is 6.02. The molecule has 0 spiro atoms. The molecule has 1 rings (SSSR count). The number of ether oxygens (including phenoxy) is 2. The van der Waals surface area contributed by atoms with Crippen LogP contribution in [0.2, 0.25) is 0 Å². The Morgan fingerprint density at radius 1 is 1.57 bits per heavy atom. The average Bonchev–Trinajstić information content (AvgIpc) is 2.58. The van der Waals surface area contributed by atoms with Crippen molar-refractivity contribution in [1.82, 2.24) is 0 Å². The van der Waals surface area contributed by atoms with Gasteiger partial charge in [0.05, 0.1) is 6.10 Å². The normalized spacial score (nSPS) is 23.6. The summed E-state index contributed by atoms with van der Waals surface area (Å²) in [6.07, 6.45) is 4.70. The second-order valence-corrected chi connectivity index (χ2v) is 3.79. The zero-order valence-corrected chi connectivity index (χ0v) is 9.12. The number of carbonyl (C=O) groups excluding carboxylic acids is 1. The molecule has 1 saturated heterocycles. The third-order valence-corrected chi connectivity index (χ3v) is 2.51. The summed E-state index contributed by atoms with van der Waals surface area (Å²) in [6.45, 7) is 5.01. The van der Waals surface area contributed by atoms with Crippen LogP contribution in [0.3, 0.4) is 0 Å². The summed E-state index contributed by atoms with van der Waals surface area (Å²) in [5, 5.41) is 0. The number of rotatable bonds is 6. The Hall–Kier alpha value is -0.570. The first-order chi connectivity index (χ1) is 6.76. The molecule has 3 nitrogen and oxygen atoms in total. The predicted molar refractivity (Wildman–Crippen MR) is 54.1 cm³/mol. The highest BCUT2D eigenvalue weighted by atomic mass is 16.6. The average molecular weight is 200 g/mol. The van der Waals surface area contributed by atoms with Gasteiger partial charge in [-0.25, -0.2) is 0 Å². The molecule has 0 aliphatic carbocycles. The number of esters is 1. The van der Waals surface area contributed by atoms with Gasteiger partial charge in [0.15, 0.2) is 0 Å². The number of cyclic esters (lactones) is 1. The standard InChI is InChI=1S/C11H20O3/c1-3-7-13-9(4-2)8-10-5-6-11(12)14-10/h9-10H,3-8H2,1-2H3. The van der Waals surface area contributed by atoms with Gasteiger partial charge in [-0.2, -0.15) is 0 Å². The minimum atomic E-state index is -0.0552. The van der Waals surface area contributed by atoms with E-state index in [2.05, 4.69) is 13.8 Å². The number of hydrogen-bond donors (Lipinski definition) is 0. The first-order valence-corrected chi connectivity index (χ1v) is 5.57. The Morgan fingerprint density at radius 2 is 2.36 bits per heavy atom. The van der Waals surface area contributed by atoms with Gasteiger partial charge in [-0.15, -0.1) is 0 Å². The lowest BCUT2D eigenvalue weighted by molar-refractivity contribution is -0.142. The molecule has 2 unspecified atom stereocenters. The van der Waals surface area contributed by atoms with Crippen molar-refractivity contribution in [3.8, 4) is 0 Å². The Bertz CT molecular complexity index is 179. The SMILES string of the molecule is CCCOC(CC)CC1CCC(=O)O1. The molecule has 3 heteroatoms. The molecule has 0 bridgehead atoms. The Labute approximate surface area is 85.8 Å². The molecule has 14 heavy (non-hydrogen) atoms. The van der Waals surface area contributed by atoms with Crippen LogP contribution in [0.4, 0.5) is 0 Å². The molecular formula is C11H20O3. The van der Waals surface area contributed by atoms with Gasteiger partial charge in [0.25, 0.3) is 0 Å². The van der Waals surface area contributed by atoms with Crippen molar-refractivity contribution in [2.45, 2.75) is 58.2 Å². The maximum Gasteiger partial charge on any atom is 0.306 e. The summed E-state index contributed by atoms with van der Waals surface area (Å²) in [7, 11) is 0. The summed E-state index contributed by atoms with van der Waals surface area (Å²) in [5.74, 6) is -0.0552. The van der Waals surface area contributed by atoms with Gasteiger partial charge < -0.3 is 9.47 Å². The van der Waals surface area contributed by atoms with Crippen LogP contribution in [0.1, 0.15) is 46.0 Å². The van der Waals surface area contributed by atoms with E-state index in [1.165, 1.54) is 0 Å². The summed E-state index contributed by atoms with van der Waals surface area (Å²) >= 11 is 0. The Kier molecular flexibility index (Phi) is 4.94. The van der Waals surface area contributed by atoms with E-state index in [4.69, 9.17) is 9.47 Å². The van der Waals surface area contributed by atoms with E-state index >= 15 is 0 Å². The van der Waals surface area contributed by atoms with Crippen molar-refractivity contribution >= 4 is 5.97 Å². The van der Waals surface area contributed by atoms with Crippen molar-refractivity contribution in [3.05, 3.63) is 0 Å². The van der Waals surface area contributed by atoms with Crippen molar-refractivity contribution in [2.75, 3.05) is 6.61 Å². The van der Waals surface area contributed by atoms with E-state index in [1.54, 1.807) is 0 Å². The lowest BCUT2D eigenvalue weighted by Gasteiger charge is -2.18. The van der Waals surface area contributed by atoms with Crippen molar-refractivity contribution in [3.63, 3.8) is 0 Å². The van der Waals surface area contributed by atoms with Gasteiger partial charge in [0.1, 0.15) is 6.10 Å². The second-order valence-electron chi connectivity index (χ2n) is 3.79. The summed E-state index contributed by atoms with van der Waals surface area (Å²) in [4.78, 5) is 10.9. The molecule has 0 aromatic rings. The lowest BCUT2D eigenvalue weighted by atomic mass is 10.1. The molecule has 0 aromatic heterocycles. The largest absolute Gasteiger partial charge is 0.462 e. The van der Waals surface area contributed by atoms with Crippen molar-refractivity contribution in [2.24, 2.45) is 0 Å². The first kappa shape index (κ1) is 11.5. The van der Waals surface area contributed by atoms with Crippen LogP contribution >= 0.6 is 0 Å². The van der Waals surface area contributed by atoms with E-state index in [0.29, 0.717) is 6.42 Å². The molecule has 0 N–H and O–H groups in total. The third kappa shape index (κ3) is 3.66. The molecule has 1 heterocycles. The molecule has 1 aliphatic rings. The fourth-order valence-corrected chi connectivity index (χ4v) is 1.68. The van der Waals surface area contributed by atoms with Gasteiger partial charge in [-0.1, -0.05) is 13.8 Å². The van der Waals surface area contributed by atoms with Crippen LogP contribution < -0.4 is 0 Å². The smallest absolute Gasteiger partial charge is 0.306 e. The molecule has 0 aromatic carbocycles. The molecule has 1 fully saturated rings. The minimum Gasteiger partial charge on any atom is -0.462 e. The molecule has 82 valence electrons. The van der Waals surface area contributed by atoms with Gasteiger partial charge in [0, 0.05) is 19.4 Å². The highest BCUT2D eigenvalue weighted by molar-refractivity contribution is 5.71. The zero-order chi connectivity index (χ0) is 10.4. The topological polar surface area (TPSA) is 35.5 Å². The summed E-state index contributed by atoms with van der Waals surface area (Å²) in [6, 6.07) is 0. The fraction of sp³-hybridized carbons (Fsp3) is 0.909. The molecule has 0 saturated carbocycles. The fourth-order valence-electron chi connectivity index (χ4n) is 1.68. The maximum absolute atomic E-state index is 10.9. The molecule has 1 aliphatic heterocycles. The highest BCUT2D eigenvalue weighted by Gasteiger charge is 2.25. The maximum atomic E-state index is 10.9. The molecule has 0 amide bonds. The highest BCUT2D eigenvalue weighted by Crippen LogP contribution is 2.20. The van der Waals surface area contributed by atoms with E-state index in [1.807, 2.05) is 0 Å². The lowest BCUT2D eigenvalue weighted by Crippen LogP contribution is -2.20. The third-order valence-electron chi connectivity index (χ3n) is 2.51. The van der Waals surface area contributed by atoms with Crippen LogP contribution in [0.5, 0.6) is 0 Å². The monoisotopic (exact) mass is 200 g/mol. The van der Waals surface area contributed by atoms with E-state index in [-0.39, 0.29) is 18.2 Å². The van der Waals surface area contributed by atoms with E-state index in [9.17, 15) is 4.79 Å². The quantitative estimate of drug-likeness (QED) is 0.617. The molecule has 0 radical (unpaired) electrons. The van der Waals surface area contributed by atoms with E-state index < -0.39 is 0 Å². The minimum absolute atomic E-state index is 0.0552. The van der Waals surface area contributed by atoms with Crippen molar-refractivity contribution in [1.29, 1.82) is 0 Å². The van der Waals surface area contributed by atoms with Crippen LogP contribution in [0, 0.1) is 0 Å². The Balaban J connectivity index is 2.22. The van der Waals surface area contributed by atoms with Gasteiger partial charge in [0.2, 0.25) is 0 Å². The molecular weight excluding hydrogens is 180 g/mol.